The Hall–Kier alpha value is -1.17. The lowest BCUT2D eigenvalue weighted by Gasteiger charge is -2.22. The summed E-state index contributed by atoms with van der Waals surface area (Å²) in [5.74, 6) is 0.301. The average molecular weight is 334 g/mol. The number of carboxylic acids is 1. The minimum Gasteiger partial charge on any atom is -0.486 e. The smallest absolute Gasteiger partial charge is 0.307 e. The van der Waals surface area contributed by atoms with E-state index in [1.54, 1.807) is 0 Å². The Morgan fingerprint density at radius 1 is 1.38 bits per heavy atom. The van der Waals surface area contributed by atoms with E-state index in [0.717, 1.165) is 12.1 Å². The maximum Gasteiger partial charge on any atom is 0.307 e. The number of carboxylic acid groups (broad SMARTS) is 1. The predicted molar refractivity (Wildman–Crippen MR) is 80.7 cm³/mol. The highest BCUT2D eigenvalue weighted by molar-refractivity contribution is 6.32. The van der Waals surface area contributed by atoms with Crippen LogP contribution in [-0.4, -0.2) is 42.3 Å². The molecule has 1 aromatic rings. The van der Waals surface area contributed by atoms with Gasteiger partial charge in [-0.05, 0) is 30.7 Å². The van der Waals surface area contributed by atoms with Crippen molar-refractivity contribution in [2.24, 2.45) is 5.92 Å². The largest absolute Gasteiger partial charge is 0.486 e. The van der Waals surface area contributed by atoms with Gasteiger partial charge in [0.05, 0.1) is 10.9 Å². The second kappa shape index (κ2) is 6.73. The van der Waals surface area contributed by atoms with Crippen LogP contribution in [0.4, 0.5) is 0 Å². The maximum atomic E-state index is 11.0. The lowest BCUT2D eigenvalue weighted by molar-refractivity contribution is -0.141. The molecule has 1 aromatic carbocycles. The van der Waals surface area contributed by atoms with Crippen molar-refractivity contribution < 1.29 is 19.4 Å². The van der Waals surface area contributed by atoms with Crippen LogP contribution in [0.25, 0.3) is 0 Å². The fraction of sp³-hybridized carbons (Fsp3) is 0.500. The minimum absolute atomic E-state index is 0. The first-order valence-corrected chi connectivity index (χ1v) is 7.04. The number of hydrogen-bond donors (Lipinski definition) is 1. The highest BCUT2D eigenvalue weighted by Crippen LogP contribution is 2.38. The van der Waals surface area contributed by atoms with Gasteiger partial charge in [-0.3, -0.25) is 9.69 Å². The van der Waals surface area contributed by atoms with Gasteiger partial charge in [-0.15, -0.1) is 12.4 Å². The molecule has 21 heavy (non-hydrogen) atoms. The van der Waals surface area contributed by atoms with E-state index in [0.29, 0.717) is 49.2 Å². The van der Waals surface area contributed by atoms with E-state index in [-0.39, 0.29) is 18.3 Å². The van der Waals surface area contributed by atoms with Gasteiger partial charge in [-0.1, -0.05) is 11.6 Å². The molecule has 7 heteroatoms. The van der Waals surface area contributed by atoms with Crippen LogP contribution in [0.5, 0.6) is 11.5 Å². The van der Waals surface area contributed by atoms with Gasteiger partial charge in [-0.2, -0.15) is 0 Å². The van der Waals surface area contributed by atoms with Gasteiger partial charge in [0, 0.05) is 13.1 Å². The summed E-state index contributed by atoms with van der Waals surface area (Å²) in [6, 6.07) is 3.79. The summed E-state index contributed by atoms with van der Waals surface area (Å²) in [6.45, 7) is 3.10. The van der Waals surface area contributed by atoms with Crippen LogP contribution in [0.3, 0.4) is 0 Å². The van der Waals surface area contributed by atoms with Crippen LogP contribution in [0.15, 0.2) is 12.1 Å². The number of ether oxygens (including phenoxy) is 2. The average Bonchev–Trinajstić information content (AvgIpc) is 2.87. The molecule has 1 fully saturated rings. The van der Waals surface area contributed by atoms with E-state index in [4.69, 9.17) is 26.2 Å². The molecule has 2 aliphatic heterocycles. The van der Waals surface area contributed by atoms with Crippen molar-refractivity contribution in [2.75, 3.05) is 26.3 Å². The minimum atomic E-state index is -0.715. The van der Waals surface area contributed by atoms with E-state index in [1.807, 2.05) is 12.1 Å². The highest BCUT2D eigenvalue weighted by Gasteiger charge is 2.28. The number of nitrogens with zero attached hydrogens (tertiary/aromatic N) is 1. The fourth-order valence-electron chi connectivity index (χ4n) is 2.69. The standard InChI is InChI=1S/C14H16ClNO4.ClH/c15-11-5-9(6-12-13(11)20-4-3-19-12)7-16-2-1-10(8-16)14(17)18;/h5-6,10H,1-4,7-8H2,(H,17,18);1H. The van der Waals surface area contributed by atoms with Crippen molar-refractivity contribution in [3.8, 4) is 11.5 Å². The third kappa shape index (κ3) is 3.54. The van der Waals surface area contributed by atoms with Crippen LogP contribution < -0.4 is 9.47 Å². The summed E-state index contributed by atoms with van der Waals surface area (Å²) >= 11 is 6.19. The van der Waals surface area contributed by atoms with E-state index >= 15 is 0 Å². The van der Waals surface area contributed by atoms with Crippen molar-refractivity contribution in [2.45, 2.75) is 13.0 Å². The number of rotatable bonds is 3. The molecule has 2 aliphatic rings. The van der Waals surface area contributed by atoms with E-state index in [1.165, 1.54) is 0 Å². The normalized spacial score (nSPS) is 20.9. The monoisotopic (exact) mass is 333 g/mol. The third-order valence-electron chi connectivity index (χ3n) is 3.68. The molecular weight excluding hydrogens is 317 g/mol. The summed E-state index contributed by atoms with van der Waals surface area (Å²) in [7, 11) is 0. The summed E-state index contributed by atoms with van der Waals surface area (Å²) in [6.07, 6.45) is 0.702. The third-order valence-corrected chi connectivity index (χ3v) is 3.97. The van der Waals surface area contributed by atoms with Crippen LogP contribution in [0.2, 0.25) is 5.02 Å². The summed E-state index contributed by atoms with van der Waals surface area (Å²) in [5.41, 5.74) is 1.02. The number of benzene rings is 1. The molecule has 0 saturated carbocycles. The number of carbonyl (C=O) groups is 1. The van der Waals surface area contributed by atoms with Crippen molar-refractivity contribution in [3.05, 3.63) is 22.7 Å². The number of aliphatic carboxylic acids is 1. The molecule has 116 valence electrons. The summed E-state index contributed by atoms with van der Waals surface area (Å²) in [4.78, 5) is 13.1. The van der Waals surface area contributed by atoms with Gasteiger partial charge < -0.3 is 14.6 Å². The van der Waals surface area contributed by atoms with Crippen LogP contribution in [0, 0.1) is 5.92 Å². The Balaban J connectivity index is 0.00000161. The maximum absolute atomic E-state index is 11.0. The van der Waals surface area contributed by atoms with Crippen LogP contribution in [0.1, 0.15) is 12.0 Å². The second-order valence-electron chi connectivity index (χ2n) is 5.16. The molecule has 5 nitrogen and oxygen atoms in total. The molecule has 3 rings (SSSR count). The lowest BCUT2D eigenvalue weighted by atomic mass is 10.1. The molecule has 0 aromatic heterocycles. The molecule has 0 amide bonds. The van der Waals surface area contributed by atoms with Gasteiger partial charge >= 0.3 is 5.97 Å². The van der Waals surface area contributed by atoms with Crippen molar-refractivity contribution >= 4 is 30.0 Å². The quantitative estimate of drug-likeness (QED) is 0.920. The van der Waals surface area contributed by atoms with E-state index < -0.39 is 5.97 Å². The second-order valence-corrected chi connectivity index (χ2v) is 5.57. The Morgan fingerprint density at radius 3 is 2.86 bits per heavy atom. The van der Waals surface area contributed by atoms with Crippen molar-refractivity contribution in [1.82, 2.24) is 4.90 Å². The number of hydrogen-bond acceptors (Lipinski definition) is 4. The Bertz CT molecular complexity index is 538. The fourth-order valence-corrected chi connectivity index (χ4v) is 2.98. The summed E-state index contributed by atoms with van der Waals surface area (Å²) < 4.78 is 11.0. The molecule has 0 radical (unpaired) electrons. The number of fused-ring (bicyclic) bond motifs is 1. The molecule has 1 saturated heterocycles. The van der Waals surface area contributed by atoms with Crippen molar-refractivity contribution in [1.29, 1.82) is 0 Å². The molecule has 0 aliphatic carbocycles. The molecule has 1 atom stereocenters. The molecular formula is C14H17Cl2NO4. The first-order valence-electron chi connectivity index (χ1n) is 6.66. The number of likely N-dealkylation sites (tertiary alicyclic amines) is 1. The van der Waals surface area contributed by atoms with Gasteiger partial charge in [0.2, 0.25) is 0 Å². The predicted octanol–water partition coefficient (Wildman–Crippen LogP) is 2.44. The van der Waals surface area contributed by atoms with E-state index in [9.17, 15) is 4.79 Å². The highest BCUT2D eigenvalue weighted by atomic mass is 35.5. The van der Waals surface area contributed by atoms with Gasteiger partial charge in [0.15, 0.2) is 11.5 Å². The Labute approximate surface area is 134 Å². The van der Waals surface area contributed by atoms with E-state index in [2.05, 4.69) is 4.90 Å². The Morgan fingerprint density at radius 2 is 2.14 bits per heavy atom. The number of halogens is 2. The SMILES string of the molecule is Cl.O=C(O)C1CCN(Cc2cc(Cl)c3c(c2)OCCO3)C1. The molecule has 0 spiro atoms. The van der Waals surface area contributed by atoms with Gasteiger partial charge in [0.1, 0.15) is 13.2 Å². The van der Waals surface area contributed by atoms with Gasteiger partial charge in [0.25, 0.3) is 0 Å². The lowest BCUT2D eigenvalue weighted by Crippen LogP contribution is -2.23. The first-order chi connectivity index (χ1) is 9.63. The van der Waals surface area contributed by atoms with Gasteiger partial charge in [-0.25, -0.2) is 0 Å². The van der Waals surface area contributed by atoms with Crippen LogP contribution >= 0.6 is 24.0 Å². The zero-order valence-corrected chi connectivity index (χ0v) is 13.0. The van der Waals surface area contributed by atoms with Crippen molar-refractivity contribution in [3.63, 3.8) is 0 Å². The Kier molecular flexibility index (Phi) is 5.19. The summed E-state index contributed by atoms with van der Waals surface area (Å²) in [5, 5.41) is 9.56. The molecule has 2 heterocycles. The zero-order chi connectivity index (χ0) is 14.1. The first kappa shape index (κ1) is 16.2. The molecule has 0 bridgehead atoms. The molecule has 1 unspecified atom stereocenters. The topological polar surface area (TPSA) is 59.0 Å². The zero-order valence-electron chi connectivity index (χ0n) is 11.4. The van der Waals surface area contributed by atoms with Crippen LogP contribution in [-0.2, 0) is 11.3 Å². The molecule has 1 N–H and O–H groups in total.